The van der Waals surface area contributed by atoms with Crippen LogP contribution in [-0.4, -0.2) is 39.9 Å². The van der Waals surface area contributed by atoms with Crippen LogP contribution in [0.5, 0.6) is 17.4 Å². The van der Waals surface area contributed by atoms with E-state index in [2.05, 4.69) is 19.9 Å². The van der Waals surface area contributed by atoms with E-state index in [9.17, 15) is 8.78 Å². The maximum atomic E-state index is 12.4. The molecule has 30 heavy (non-hydrogen) atoms. The fraction of sp³-hybridized carbons (Fsp3) is 0.190. The van der Waals surface area contributed by atoms with Gasteiger partial charge < -0.3 is 14.2 Å². The summed E-state index contributed by atoms with van der Waals surface area (Å²) in [6.07, 6.45) is 3.85. The van der Waals surface area contributed by atoms with Crippen LogP contribution in [0.4, 0.5) is 8.78 Å². The lowest BCUT2D eigenvalue weighted by Gasteiger charge is -2.10. The van der Waals surface area contributed by atoms with Crippen molar-refractivity contribution in [3.8, 4) is 28.8 Å². The van der Waals surface area contributed by atoms with E-state index in [1.807, 2.05) is 24.3 Å². The van der Waals surface area contributed by atoms with Gasteiger partial charge in [0.05, 0.1) is 26.1 Å². The maximum absolute atomic E-state index is 12.4. The minimum absolute atomic E-state index is 0.0696. The Labute approximate surface area is 170 Å². The first-order valence-corrected chi connectivity index (χ1v) is 9.14. The highest BCUT2D eigenvalue weighted by Gasteiger charge is 2.14. The third-order valence-electron chi connectivity index (χ3n) is 4.42. The second-order valence-corrected chi connectivity index (χ2v) is 6.31. The van der Waals surface area contributed by atoms with E-state index in [0.29, 0.717) is 35.9 Å². The lowest BCUT2D eigenvalue weighted by Crippen LogP contribution is -2.06. The van der Waals surface area contributed by atoms with Gasteiger partial charge in [0, 0.05) is 12.0 Å². The second kappa shape index (κ2) is 8.73. The van der Waals surface area contributed by atoms with E-state index in [1.165, 1.54) is 12.1 Å². The number of benzene rings is 2. The first-order chi connectivity index (χ1) is 14.6. The van der Waals surface area contributed by atoms with Gasteiger partial charge in [0.25, 0.3) is 0 Å². The molecule has 0 spiro atoms. The number of methoxy groups -OCH3 is 1. The number of nitrogens with zero attached hydrogens (tertiary/aromatic N) is 4. The molecule has 0 atom stereocenters. The van der Waals surface area contributed by atoms with Crippen molar-refractivity contribution >= 4 is 5.65 Å². The highest BCUT2D eigenvalue weighted by molar-refractivity contribution is 5.61. The van der Waals surface area contributed by atoms with E-state index < -0.39 is 6.61 Å². The highest BCUT2D eigenvalue weighted by atomic mass is 19.3. The number of aromatic nitrogens is 4. The van der Waals surface area contributed by atoms with Gasteiger partial charge in [-0.2, -0.15) is 8.78 Å². The molecule has 0 saturated carbocycles. The van der Waals surface area contributed by atoms with Gasteiger partial charge in [0.2, 0.25) is 5.88 Å². The molecule has 0 aliphatic heterocycles. The quantitative estimate of drug-likeness (QED) is 0.435. The van der Waals surface area contributed by atoms with Gasteiger partial charge >= 0.3 is 6.61 Å². The summed E-state index contributed by atoms with van der Waals surface area (Å²) in [5.41, 5.74) is 2.30. The summed E-state index contributed by atoms with van der Waals surface area (Å²) >= 11 is 0. The van der Waals surface area contributed by atoms with Crippen LogP contribution >= 0.6 is 0 Å². The first-order valence-electron chi connectivity index (χ1n) is 9.14. The summed E-state index contributed by atoms with van der Waals surface area (Å²) in [4.78, 5) is 4.15. The van der Waals surface area contributed by atoms with Gasteiger partial charge in [-0.15, -0.1) is 10.2 Å². The van der Waals surface area contributed by atoms with Gasteiger partial charge in [-0.1, -0.05) is 12.1 Å². The number of ether oxygens (including phenoxy) is 3. The fourth-order valence-electron chi connectivity index (χ4n) is 2.96. The minimum Gasteiger partial charge on any atom is -0.497 e. The Balaban J connectivity index is 1.53. The predicted molar refractivity (Wildman–Crippen MR) is 105 cm³/mol. The van der Waals surface area contributed by atoms with Crippen LogP contribution in [0, 0.1) is 0 Å². The van der Waals surface area contributed by atoms with Crippen LogP contribution in [0.25, 0.3) is 17.0 Å². The monoisotopic (exact) mass is 412 g/mol. The molecular weight excluding hydrogens is 394 g/mol. The van der Waals surface area contributed by atoms with Gasteiger partial charge in [-0.3, -0.25) is 4.98 Å². The Morgan fingerprint density at radius 1 is 0.933 bits per heavy atom. The summed E-state index contributed by atoms with van der Waals surface area (Å²) in [6, 6.07) is 13.9. The molecule has 0 N–H and O–H groups in total. The zero-order valence-corrected chi connectivity index (χ0v) is 16.0. The molecular formula is C21H18F2N4O3. The molecule has 0 saturated heterocycles. The molecule has 4 aromatic rings. The Morgan fingerprint density at radius 3 is 2.37 bits per heavy atom. The van der Waals surface area contributed by atoms with E-state index in [0.717, 1.165) is 11.3 Å². The molecule has 0 amide bonds. The predicted octanol–water partition coefficient (Wildman–Crippen LogP) is 4.02. The maximum Gasteiger partial charge on any atom is 0.387 e. The van der Waals surface area contributed by atoms with Crippen LogP contribution in [-0.2, 0) is 6.42 Å². The number of hydrogen-bond acceptors (Lipinski definition) is 6. The molecule has 154 valence electrons. The Hall–Kier alpha value is -3.75. The van der Waals surface area contributed by atoms with Crippen molar-refractivity contribution in [2.24, 2.45) is 0 Å². The van der Waals surface area contributed by atoms with Crippen molar-refractivity contribution in [3.05, 3.63) is 66.5 Å². The molecule has 9 heteroatoms. The topological polar surface area (TPSA) is 70.8 Å². The summed E-state index contributed by atoms with van der Waals surface area (Å²) in [6.45, 7) is -2.45. The standard InChI is InChI=1S/C21H18F2N4O3/c1-28-16-6-2-14(3-7-16)10-11-29-19-13-24-12-18-25-26-20(27(18)19)15-4-8-17(9-5-15)30-21(22)23/h2-9,12-13,21H,10-11H2,1H3. The molecule has 0 bridgehead atoms. The summed E-state index contributed by atoms with van der Waals surface area (Å²) in [5, 5.41) is 8.31. The number of rotatable bonds is 8. The van der Waals surface area contributed by atoms with Crippen LogP contribution in [0.3, 0.4) is 0 Å². The summed E-state index contributed by atoms with van der Waals surface area (Å²) < 4.78 is 41.9. The van der Waals surface area contributed by atoms with Gasteiger partial charge in [0.1, 0.15) is 11.5 Å². The molecule has 0 unspecified atom stereocenters. The van der Waals surface area contributed by atoms with E-state index >= 15 is 0 Å². The van der Waals surface area contributed by atoms with Crippen molar-refractivity contribution in [2.75, 3.05) is 13.7 Å². The van der Waals surface area contributed by atoms with Crippen LogP contribution < -0.4 is 14.2 Å². The Kier molecular flexibility index (Phi) is 5.69. The lowest BCUT2D eigenvalue weighted by molar-refractivity contribution is -0.0498. The highest BCUT2D eigenvalue weighted by Crippen LogP contribution is 2.25. The summed E-state index contributed by atoms with van der Waals surface area (Å²) in [7, 11) is 1.63. The van der Waals surface area contributed by atoms with Crippen molar-refractivity contribution in [2.45, 2.75) is 13.0 Å². The minimum atomic E-state index is -2.87. The van der Waals surface area contributed by atoms with Crippen molar-refractivity contribution in [3.63, 3.8) is 0 Å². The molecule has 4 rings (SSSR count). The molecule has 7 nitrogen and oxygen atoms in total. The van der Waals surface area contributed by atoms with Gasteiger partial charge in [-0.25, -0.2) is 4.40 Å². The number of fused-ring (bicyclic) bond motifs is 1. The molecule has 2 aromatic carbocycles. The van der Waals surface area contributed by atoms with Crippen LogP contribution in [0.1, 0.15) is 5.56 Å². The van der Waals surface area contributed by atoms with Gasteiger partial charge in [0.15, 0.2) is 11.5 Å². The fourth-order valence-corrected chi connectivity index (χ4v) is 2.96. The van der Waals surface area contributed by atoms with E-state index in [4.69, 9.17) is 9.47 Å². The number of halogens is 2. The van der Waals surface area contributed by atoms with Crippen molar-refractivity contribution in [1.29, 1.82) is 0 Å². The van der Waals surface area contributed by atoms with E-state index in [-0.39, 0.29) is 5.75 Å². The molecule has 2 heterocycles. The molecule has 0 aliphatic rings. The van der Waals surface area contributed by atoms with Gasteiger partial charge in [-0.05, 0) is 42.0 Å². The number of alkyl halides is 2. The average Bonchev–Trinajstić information content (AvgIpc) is 3.19. The van der Waals surface area contributed by atoms with Crippen LogP contribution in [0.15, 0.2) is 60.9 Å². The van der Waals surface area contributed by atoms with Crippen molar-refractivity contribution in [1.82, 2.24) is 19.6 Å². The second-order valence-electron chi connectivity index (χ2n) is 6.31. The Bertz CT molecular complexity index is 1120. The van der Waals surface area contributed by atoms with Crippen molar-refractivity contribution < 1.29 is 23.0 Å². The zero-order valence-electron chi connectivity index (χ0n) is 16.0. The normalized spacial score (nSPS) is 11.1. The smallest absolute Gasteiger partial charge is 0.387 e. The summed E-state index contributed by atoms with van der Waals surface area (Å²) in [5.74, 6) is 1.86. The third-order valence-corrected chi connectivity index (χ3v) is 4.42. The average molecular weight is 412 g/mol. The zero-order chi connectivity index (χ0) is 20.9. The lowest BCUT2D eigenvalue weighted by atomic mass is 10.1. The first kappa shape index (κ1) is 19.6. The molecule has 0 radical (unpaired) electrons. The number of hydrogen-bond donors (Lipinski definition) is 0. The molecule has 0 aliphatic carbocycles. The largest absolute Gasteiger partial charge is 0.497 e. The van der Waals surface area contributed by atoms with Crippen LogP contribution in [0.2, 0.25) is 0 Å². The SMILES string of the molecule is COc1ccc(CCOc2cncc3nnc(-c4ccc(OC(F)F)cc4)n23)cc1. The van der Waals surface area contributed by atoms with E-state index in [1.54, 1.807) is 36.0 Å². The molecule has 0 fully saturated rings. The third kappa shape index (κ3) is 4.29. The Morgan fingerprint density at radius 2 is 1.67 bits per heavy atom. The molecule has 2 aromatic heterocycles.